The van der Waals surface area contributed by atoms with Gasteiger partial charge >= 0.3 is 5.97 Å². The van der Waals surface area contributed by atoms with Crippen LogP contribution in [-0.2, 0) is 0 Å². The number of nitrogens with zero attached hydrogens (tertiary/aromatic N) is 1. The second-order valence-electron chi connectivity index (χ2n) is 2.52. The highest BCUT2D eigenvalue weighted by Crippen LogP contribution is 2.29. The molecule has 0 aliphatic heterocycles. The van der Waals surface area contributed by atoms with Crippen molar-refractivity contribution in [1.82, 2.24) is 4.98 Å². The molecule has 0 saturated heterocycles. The predicted molar refractivity (Wildman–Crippen MR) is 55.4 cm³/mol. The number of carboxylic acids is 1. The number of halogens is 3. The zero-order valence-electron chi connectivity index (χ0n) is 7.50. The van der Waals surface area contributed by atoms with E-state index in [1.165, 1.54) is 29.7 Å². The lowest BCUT2D eigenvalue weighted by molar-refractivity contribution is 0.0687. The maximum atomic E-state index is 12.5. The Labute approximate surface area is 97.4 Å². The summed E-state index contributed by atoms with van der Waals surface area (Å²) in [6, 6.07) is 1.03. The van der Waals surface area contributed by atoms with Crippen LogP contribution in [0.3, 0.4) is 0 Å². The fourth-order valence-electron chi connectivity index (χ4n) is 0.930. The van der Waals surface area contributed by atoms with Crippen molar-refractivity contribution in [2.75, 3.05) is 7.11 Å². The molecule has 0 aromatic carbocycles. The Morgan fingerprint density at radius 1 is 1.67 bits per heavy atom. The number of ether oxygens (including phenoxy) is 1. The molecule has 0 bridgehead atoms. The van der Waals surface area contributed by atoms with Crippen molar-refractivity contribution in [2.45, 2.75) is 6.43 Å². The highest BCUT2D eigenvalue weighted by atomic mass is 127. The number of carbonyl (C=O) groups is 1. The first kappa shape index (κ1) is 12.1. The van der Waals surface area contributed by atoms with Crippen LogP contribution in [-0.4, -0.2) is 23.2 Å². The largest absolute Gasteiger partial charge is 0.481 e. The zero-order valence-corrected chi connectivity index (χ0v) is 9.66. The summed E-state index contributed by atoms with van der Waals surface area (Å²) >= 11 is 1.53. The molecule has 4 nitrogen and oxygen atoms in total. The number of aromatic nitrogens is 1. The molecule has 0 aliphatic carbocycles. The number of hydrogen-bond acceptors (Lipinski definition) is 3. The van der Waals surface area contributed by atoms with Gasteiger partial charge in [0.25, 0.3) is 6.43 Å². The lowest BCUT2D eigenvalue weighted by Gasteiger charge is -2.08. The third-order valence-electron chi connectivity index (χ3n) is 1.61. The van der Waals surface area contributed by atoms with E-state index >= 15 is 0 Å². The minimum Gasteiger partial charge on any atom is -0.481 e. The van der Waals surface area contributed by atoms with Gasteiger partial charge in [-0.1, -0.05) is 0 Å². The maximum Gasteiger partial charge on any atom is 0.355 e. The third kappa shape index (κ3) is 2.52. The van der Waals surface area contributed by atoms with Crippen LogP contribution in [0.2, 0.25) is 0 Å². The van der Waals surface area contributed by atoms with Gasteiger partial charge in [0.2, 0.25) is 5.88 Å². The highest BCUT2D eigenvalue weighted by molar-refractivity contribution is 14.1. The smallest absolute Gasteiger partial charge is 0.355 e. The summed E-state index contributed by atoms with van der Waals surface area (Å²) in [6.07, 6.45) is -2.76. The molecule has 15 heavy (non-hydrogen) atoms. The Morgan fingerprint density at radius 2 is 2.27 bits per heavy atom. The van der Waals surface area contributed by atoms with E-state index in [-0.39, 0.29) is 15.0 Å². The maximum absolute atomic E-state index is 12.5. The van der Waals surface area contributed by atoms with Crippen LogP contribution in [0.5, 0.6) is 5.88 Å². The topological polar surface area (TPSA) is 59.4 Å². The van der Waals surface area contributed by atoms with E-state index < -0.39 is 18.1 Å². The van der Waals surface area contributed by atoms with Gasteiger partial charge in [-0.05, 0) is 22.6 Å². The van der Waals surface area contributed by atoms with Crippen LogP contribution < -0.4 is 4.74 Å². The van der Waals surface area contributed by atoms with Crippen LogP contribution in [0.25, 0.3) is 0 Å². The third-order valence-corrected chi connectivity index (χ3v) is 2.74. The molecular formula is C8H6F2INO3. The van der Waals surface area contributed by atoms with E-state index in [4.69, 9.17) is 5.11 Å². The summed E-state index contributed by atoms with van der Waals surface area (Å²) in [4.78, 5) is 14.3. The Balaban J connectivity index is 3.40. The molecule has 1 aromatic heterocycles. The first-order chi connectivity index (χ1) is 6.97. The van der Waals surface area contributed by atoms with Crippen molar-refractivity contribution in [2.24, 2.45) is 0 Å². The molecule has 0 aliphatic rings. The number of aromatic carboxylic acids is 1. The van der Waals surface area contributed by atoms with E-state index in [0.29, 0.717) is 0 Å². The Hall–Kier alpha value is -0.990. The van der Waals surface area contributed by atoms with Gasteiger partial charge in [0, 0.05) is 11.6 Å². The molecule has 1 rings (SSSR count). The van der Waals surface area contributed by atoms with Crippen molar-refractivity contribution in [3.8, 4) is 5.88 Å². The number of pyridine rings is 1. The summed E-state index contributed by atoms with van der Waals surface area (Å²) in [5.74, 6) is -1.50. The van der Waals surface area contributed by atoms with Crippen molar-refractivity contribution < 1.29 is 23.4 Å². The fraction of sp³-hybridized carbons (Fsp3) is 0.250. The number of hydrogen-bond donors (Lipinski definition) is 1. The number of carboxylic acid groups (broad SMARTS) is 1. The normalized spacial score (nSPS) is 10.5. The van der Waals surface area contributed by atoms with Gasteiger partial charge in [0.15, 0.2) is 5.69 Å². The molecule has 0 saturated carbocycles. The molecular weight excluding hydrogens is 323 g/mol. The van der Waals surface area contributed by atoms with Gasteiger partial charge in [-0.2, -0.15) is 0 Å². The molecule has 82 valence electrons. The summed E-state index contributed by atoms with van der Waals surface area (Å²) in [7, 11) is 1.23. The van der Waals surface area contributed by atoms with Gasteiger partial charge < -0.3 is 9.84 Å². The van der Waals surface area contributed by atoms with E-state index in [9.17, 15) is 13.6 Å². The summed E-state index contributed by atoms with van der Waals surface area (Å²) in [5.41, 5.74) is -0.815. The molecule has 1 N–H and O–H groups in total. The Kier molecular flexibility index (Phi) is 3.77. The van der Waals surface area contributed by atoms with E-state index in [1.807, 2.05) is 0 Å². The minimum atomic E-state index is -2.76. The average Bonchev–Trinajstić information content (AvgIpc) is 2.17. The standard InChI is InChI=1S/C8H6F2INO3/c1-15-4-2-3(7(9)10)5(11)6(12-4)8(13)14/h2,7H,1H3,(H,13,14). The van der Waals surface area contributed by atoms with Crippen molar-refractivity contribution >= 4 is 28.6 Å². The summed E-state index contributed by atoms with van der Waals surface area (Å²) in [5, 5.41) is 8.72. The number of alkyl halides is 2. The predicted octanol–water partition coefficient (Wildman–Crippen LogP) is 2.33. The summed E-state index contributed by atoms with van der Waals surface area (Å²) < 4.78 is 29.6. The van der Waals surface area contributed by atoms with Crippen molar-refractivity contribution in [3.63, 3.8) is 0 Å². The lowest BCUT2D eigenvalue weighted by Crippen LogP contribution is -2.08. The van der Waals surface area contributed by atoms with E-state index in [2.05, 4.69) is 9.72 Å². The molecule has 0 atom stereocenters. The van der Waals surface area contributed by atoms with Crippen LogP contribution in [0.15, 0.2) is 6.07 Å². The first-order valence-corrected chi connectivity index (χ1v) is 4.81. The highest BCUT2D eigenvalue weighted by Gasteiger charge is 2.21. The SMILES string of the molecule is COc1cc(C(F)F)c(I)c(C(=O)O)n1. The van der Waals surface area contributed by atoms with Crippen molar-refractivity contribution in [3.05, 3.63) is 20.9 Å². The van der Waals surface area contributed by atoms with Crippen LogP contribution in [0.1, 0.15) is 22.5 Å². The lowest BCUT2D eigenvalue weighted by atomic mass is 10.2. The molecule has 7 heteroatoms. The second kappa shape index (κ2) is 4.69. The van der Waals surface area contributed by atoms with Gasteiger partial charge in [-0.3, -0.25) is 0 Å². The Bertz CT molecular complexity index is 398. The second-order valence-corrected chi connectivity index (χ2v) is 3.60. The van der Waals surface area contributed by atoms with Crippen molar-refractivity contribution in [1.29, 1.82) is 0 Å². The number of methoxy groups -OCH3 is 1. The molecule has 0 fully saturated rings. The van der Waals surface area contributed by atoms with Gasteiger partial charge in [0.05, 0.1) is 10.7 Å². The monoisotopic (exact) mass is 329 g/mol. The molecule has 0 unspecified atom stereocenters. The Morgan fingerprint density at radius 3 is 2.67 bits per heavy atom. The van der Waals surface area contributed by atoms with E-state index in [1.54, 1.807) is 0 Å². The summed E-state index contributed by atoms with van der Waals surface area (Å²) in [6.45, 7) is 0. The number of rotatable bonds is 3. The minimum absolute atomic E-state index is 0.0732. The van der Waals surface area contributed by atoms with Crippen LogP contribution in [0, 0.1) is 3.57 Å². The van der Waals surface area contributed by atoms with Gasteiger partial charge in [-0.25, -0.2) is 18.6 Å². The fourth-order valence-corrected chi connectivity index (χ4v) is 1.67. The molecule has 0 spiro atoms. The quantitative estimate of drug-likeness (QED) is 0.865. The van der Waals surface area contributed by atoms with E-state index in [0.717, 1.165) is 6.07 Å². The van der Waals surface area contributed by atoms with Crippen LogP contribution >= 0.6 is 22.6 Å². The molecule has 1 heterocycles. The zero-order chi connectivity index (χ0) is 11.6. The van der Waals surface area contributed by atoms with Gasteiger partial charge in [-0.15, -0.1) is 0 Å². The molecule has 0 radical (unpaired) electrons. The first-order valence-electron chi connectivity index (χ1n) is 3.73. The van der Waals surface area contributed by atoms with Crippen LogP contribution in [0.4, 0.5) is 8.78 Å². The van der Waals surface area contributed by atoms with Gasteiger partial charge in [0.1, 0.15) is 0 Å². The molecule has 0 amide bonds. The average molecular weight is 329 g/mol. The molecule has 1 aromatic rings.